The first kappa shape index (κ1) is 19.3. The molecule has 7 atom stereocenters. The number of carbonyl (C=O) groups is 3. The fourth-order valence-electron chi connectivity index (χ4n) is 4.49. The predicted octanol–water partition coefficient (Wildman–Crippen LogP) is 1.80. The molecule has 1 aliphatic carbocycles. The Labute approximate surface area is 153 Å². The largest absolute Gasteiger partial charge is 0.462 e. The maximum atomic E-state index is 11.8. The molecular formula is C19H28O7. The minimum Gasteiger partial charge on any atom is -0.462 e. The van der Waals surface area contributed by atoms with Gasteiger partial charge in [-0.05, 0) is 25.7 Å². The Morgan fingerprint density at radius 1 is 1.15 bits per heavy atom. The van der Waals surface area contributed by atoms with Crippen molar-refractivity contribution in [2.24, 2.45) is 11.8 Å². The molecule has 2 heterocycles. The normalized spacial score (nSPS) is 44.3. The van der Waals surface area contributed by atoms with Crippen LogP contribution in [0.2, 0.25) is 0 Å². The van der Waals surface area contributed by atoms with E-state index in [1.807, 2.05) is 20.8 Å². The molecule has 1 unspecified atom stereocenters. The number of hydrogen-bond donors (Lipinski definition) is 0. The third-order valence-electron chi connectivity index (χ3n) is 5.91. The average Bonchev–Trinajstić information content (AvgIpc) is 3.38. The number of carbonyl (C=O) groups excluding carboxylic acids is 3. The number of hydrogen-bond acceptors (Lipinski definition) is 7. The molecule has 0 radical (unpaired) electrons. The molecule has 0 bridgehead atoms. The lowest BCUT2D eigenvalue weighted by Crippen LogP contribution is -2.47. The van der Waals surface area contributed by atoms with Crippen LogP contribution in [-0.2, 0) is 33.3 Å². The zero-order valence-corrected chi connectivity index (χ0v) is 16.0. The van der Waals surface area contributed by atoms with E-state index in [-0.39, 0.29) is 30.5 Å². The Morgan fingerprint density at radius 3 is 2.35 bits per heavy atom. The minimum atomic E-state index is -0.924. The summed E-state index contributed by atoms with van der Waals surface area (Å²) in [5.74, 6) is -1.09. The van der Waals surface area contributed by atoms with Crippen LogP contribution >= 0.6 is 0 Å². The van der Waals surface area contributed by atoms with Gasteiger partial charge in [-0.1, -0.05) is 13.8 Å². The SMILES string of the molecule is CC(=O)O[C@@H]1C[C@]2(C=O)O[C@@H]2CC[C@@]2(C)O[C@H]2[C@@H](OC(C)=O)C1C(C)C. The van der Waals surface area contributed by atoms with Crippen LogP contribution in [0.25, 0.3) is 0 Å². The molecule has 1 saturated carbocycles. The van der Waals surface area contributed by atoms with Gasteiger partial charge in [0.25, 0.3) is 0 Å². The molecule has 26 heavy (non-hydrogen) atoms. The monoisotopic (exact) mass is 368 g/mol. The smallest absolute Gasteiger partial charge is 0.303 e. The second kappa shape index (κ2) is 6.60. The highest BCUT2D eigenvalue weighted by molar-refractivity contribution is 5.69. The minimum absolute atomic E-state index is 0.0393. The van der Waals surface area contributed by atoms with Crippen molar-refractivity contribution in [2.45, 2.75) is 89.5 Å². The molecule has 3 aliphatic rings. The van der Waals surface area contributed by atoms with Gasteiger partial charge in [0.15, 0.2) is 11.9 Å². The Kier molecular flexibility index (Phi) is 4.90. The van der Waals surface area contributed by atoms with Crippen LogP contribution in [0.5, 0.6) is 0 Å². The van der Waals surface area contributed by atoms with Crippen LogP contribution in [0.1, 0.15) is 53.9 Å². The lowest BCUT2D eigenvalue weighted by atomic mass is 9.76. The molecule has 2 saturated heterocycles. The van der Waals surface area contributed by atoms with Gasteiger partial charge >= 0.3 is 11.9 Å². The first-order chi connectivity index (χ1) is 12.1. The van der Waals surface area contributed by atoms with E-state index in [0.29, 0.717) is 6.42 Å². The van der Waals surface area contributed by atoms with Crippen LogP contribution < -0.4 is 0 Å². The lowest BCUT2D eigenvalue weighted by Gasteiger charge is -2.36. The van der Waals surface area contributed by atoms with E-state index in [4.69, 9.17) is 18.9 Å². The molecule has 3 rings (SSSR count). The van der Waals surface area contributed by atoms with E-state index >= 15 is 0 Å². The highest BCUT2D eigenvalue weighted by Gasteiger charge is 2.66. The molecule has 146 valence electrons. The fraction of sp³-hybridized carbons (Fsp3) is 0.842. The summed E-state index contributed by atoms with van der Waals surface area (Å²) in [7, 11) is 0. The third-order valence-corrected chi connectivity index (χ3v) is 5.91. The molecule has 7 heteroatoms. The Balaban J connectivity index is 1.98. The van der Waals surface area contributed by atoms with E-state index in [1.54, 1.807) is 0 Å². The summed E-state index contributed by atoms with van der Waals surface area (Å²) in [6.45, 7) is 8.67. The van der Waals surface area contributed by atoms with Crippen molar-refractivity contribution < 1.29 is 33.3 Å². The first-order valence-corrected chi connectivity index (χ1v) is 9.28. The fourth-order valence-corrected chi connectivity index (χ4v) is 4.49. The van der Waals surface area contributed by atoms with Gasteiger partial charge in [-0.15, -0.1) is 0 Å². The number of esters is 2. The summed E-state index contributed by atoms with van der Waals surface area (Å²) in [5.41, 5.74) is -1.35. The molecule has 3 fully saturated rings. The van der Waals surface area contributed by atoms with Crippen molar-refractivity contribution in [3.05, 3.63) is 0 Å². The second-order valence-corrected chi connectivity index (χ2v) is 8.32. The van der Waals surface area contributed by atoms with Crippen molar-refractivity contribution in [3.8, 4) is 0 Å². The molecule has 0 aromatic carbocycles. The van der Waals surface area contributed by atoms with Gasteiger partial charge < -0.3 is 23.7 Å². The van der Waals surface area contributed by atoms with Gasteiger partial charge in [-0.25, -0.2) is 0 Å². The number of epoxide rings is 2. The van der Waals surface area contributed by atoms with Crippen LogP contribution in [0.15, 0.2) is 0 Å². The van der Waals surface area contributed by atoms with Crippen LogP contribution in [0.4, 0.5) is 0 Å². The molecule has 0 aromatic heterocycles. The zero-order valence-electron chi connectivity index (χ0n) is 16.0. The van der Waals surface area contributed by atoms with Gasteiger partial charge in [-0.2, -0.15) is 0 Å². The third kappa shape index (κ3) is 3.51. The van der Waals surface area contributed by atoms with Crippen molar-refractivity contribution in [3.63, 3.8) is 0 Å². The van der Waals surface area contributed by atoms with Gasteiger partial charge in [-0.3, -0.25) is 9.59 Å². The second-order valence-electron chi connectivity index (χ2n) is 8.32. The topological polar surface area (TPSA) is 94.7 Å². The number of fused-ring (bicyclic) bond motifs is 2. The van der Waals surface area contributed by atoms with Gasteiger partial charge in [0.2, 0.25) is 0 Å². The summed E-state index contributed by atoms with van der Waals surface area (Å²) < 4.78 is 23.0. The summed E-state index contributed by atoms with van der Waals surface area (Å²) in [5, 5.41) is 0. The summed E-state index contributed by atoms with van der Waals surface area (Å²) >= 11 is 0. The quantitative estimate of drug-likeness (QED) is 0.424. The van der Waals surface area contributed by atoms with Gasteiger partial charge in [0, 0.05) is 26.2 Å². The molecule has 0 N–H and O–H groups in total. The highest BCUT2D eigenvalue weighted by atomic mass is 16.6. The van der Waals surface area contributed by atoms with Crippen molar-refractivity contribution >= 4 is 18.2 Å². The summed E-state index contributed by atoms with van der Waals surface area (Å²) in [6.07, 6.45) is 0.916. The molecule has 0 amide bonds. The molecular weight excluding hydrogens is 340 g/mol. The lowest BCUT2D eigenvalue weighted by molar-refractivity contribution is -0.165. The predicted molar refractivity (Wildman–Crippen MR) is 90.2 cm³/mol. The maximum Gasteiger partial charge on any atom is 0.303 e. The van der Waals surface area contributed by atoms with Gasteiger partial charge in [0.05, 0.1) is 11.7 Å². The van der Waals surface area contributed by atoms with E-state index in [0.717, 1.165) is 12.7 Å². The summed E-state index contributed by atoms with van der Waals surface area (Å²) in [4.78, 5) is 35.2. The van der Waals surface area contributed by atoms with Gasteiger partial charge in [0.1, 0.15) is 18.3 Å². The Hall–Kier alpha value is -1.47. The van der Waals surface area contributed by atoms with E-state index in [2.05, 4.69) is 0 Å². The Morgan fingerprint density at radius 2 is 1.81 bits per heavy atom. The first-order valence-electron chi connectivity index (χ1n) is 9.28. The Bertz CT molecular complexity index is 603. The molecule has 2 aliphatic heterocycles. The van der Waals surface area contributed by atoms with Crippen molar-refractivity contribution in [2.75, 3.05) is 0 Å². The van der Waals surface area contributed by atoms with Crippen LogP contribution in [0, 0.1) is 11.8 Å². The van der Waals surface area contributed by atoms with Crippen molar-refractivity contribution in [1.82, 2.24) is 0 Å². The standard InChI is InChI=1S/C19H28O7/c1-10(2)15-13(23-11(3)21)8-19(9-20)14(25-19)6-7-18(5)17(26-18)16(15)24-12(4)22/h9-10,13-17H,6-8H2,1-5H3/t13-,14-,15?,16+,17+,18-,19-/m1/s1. The maximum absolute atomic E-state index is 11.8. The number of ether oxygens (including phenoxy) is 4. The van der Waals surface area contributed by atoms with Crippen LogP contribution in [-0.4, -0.2) is 53.8 Å². The summed E-state index contributed by atoms with van der Waals surface area (Å²) in [6, 6.07) is 0. The number of aldehydes is 1. The van der Waals surface area contributed by atoms with E-state index in [1.165, 1.54) is 13.8 Å². The molecule has 0 spiro atoms. The van der Waals surface area contributed by atoms with E-state index in [9.17, 15) is 14.4 Å². The zero-order chi connectivity index (χ0) is 19.3. The average molecular weight is 368 g/mol. The molecule has 7 nitrogen and oxygen atoms in total. The van der Waals surface area contributed by atoms with Crippen molar-refractivity contribution in [1.29, 1.82) is 0 Å². The van der Waals surface area contributed by atoms with E-state index < -0.39 is 35.3 Å². The molecule has 0 aromatic rings. The van der Waals surface area contributed by atoms with Crippen LogP contribution in [0.3, 0.4) is 0 Å². The highest BCUT2D eigenvalue weighted by Crippen LogP contribution is 2.53. The number of rotatable bonds is 4.